The summed E-state index contributed by atoms with van der Waals surface area (Å²) in [5.41, 5.74) is 1.55. The second-order valence-electron chi connectivity index (χ2n) is 6.15. The Morgan fingerprint density at radius 1 is 1.17 bits per heavy atom. The van der Waals surface area contributed by atoms with Gasteiger partial charge < -0.3 is 15.5 Å². The Balaban J connectivity index is 0.00000264. The number of carbonyl (C=O) groups is 1. The molecule has 2 rings (SSSR count). The largest absolute Gasteiger partial charge is 0.356 e. The Labute approximate surface area is 157 Å². The van der Waals surface area contributed by atoms with E-state index in [-0.39, 0.29) is 29.9 Å². The average Bonchev–Trinajstić information content (AvgIpc) is 2.59. The molecule has 0 aromatic rings. The topological polar surface area (TPSA) is 56.7 Å². The Morgan fingerprint density at radius 3 is 2.61 bits per heavy atom. The molecule has 1 aliphatic heterocycles. The average molecular weight is 434 g/mol. The van der Waals surface area contributed by atoms with Gasteiger partial charge in [0.05, 0.1) is 6.54 Å². The summed E-state index contributed by atoms with van der Waals surface area (Å²) < 4.78 is 0. The van der Waals surface area contributed by atoms with Gasteiger partial charge in [-0.05, 0) is 51.4 Å². The number of carbonyl (C=O) groups excluding carboxylic acids is 1. The zero-order chi connectivity index (χ0) is 15.6. The lowest BCUT2D eigenvalue weighted by Crippen LogP contribution is -2.46. The van der Waals surface area contributed by atoms with Gasteiger partial charge >= 0.3 is 0 Å². The first-order valence-electron chi connectivity index (χ1n) is 8.70. The maximum Gasteiger partial charge on any atom is 0.241 e. The lowest BCUT2D eigenvalue weighted by molar-refractivity contribution is -0.130. The molecule has 132 valence electrons. The molecule has 1 aliphatic carbocycles. The first-order valence-corrected chi connectivity index (χ1v) is 8.70. The van der Waals surface area contributed by atoms with Gasteiger partial charge in [0.1, 0.15) is 0 Å². The Kier molecular flexibility index (Phi) is 10.3. The van der Waals surface area contributed by atoms with Gasteiger partial charge in [0.15, 0.2) is 5.96 Å². The van der Waals surface area contributed by atoms with Gasteiger partial charge in [-0.3, -0.25) is 9.79 Å². The van der Waals surface area contributed by atoms with Crippen molar-refractivity contribution in [1.29, 1.82) is 0 Å². The molecule has 1 saturated heterocycles. The number of aliphatic imine (C=N–C) groups is 1. The predicted molar refractivity (Wildman–Crippen MR) is 106 cm³/mol. The number of hydrogen-bond acceptors (Lipinski definition) is 2. The van der Waals surface area contributed by atoms with Crippen LogP contribution in [0.3, 0.4) is 0 Å². The summed E-state index contributed by atoms with van der Waals surface area (Å²) >= 11 is 0. The van der Waals surface area contributed by atoms with Crippen LogP contribution in [0.25, 0.3) is 0 Å². The third-order valence-electron chi connectivity index (χ3n) is 4.46. The molecule has 23 heavy (non-hydrogen) atoms. The van der Waals surface area contributed by atoms with E-state index in [1.54, 1.807) is 12.6 Å². The molecule has 1 heterocycles. The first-order chi connectivity index (χ1) is 10.8. The van der Waals surface area contributed by atoms with Crippen molar-refractivity contribution in [3.63, 3.8) is 0 Å². The van der Waals surface area contributed by atoms with Gasteiger partial charge in [-0.1, -0.05) is 11.6 Å². The second kappa shape index (κ2) is 11.7. The van der Waals surface area contributed by atoms with Crippen molar-refractivity contribution in [2.45, 2.75) is 51.4 Å². The van der Waals surface area contributed by atoms with Crippen LogP contribution < -0.4 is 10.6 Å². The lowest BCUT2D eigenvalue weighted by atomic mass is 9.97. The maximum atomic E-state index is 12.1. The fraction of sp³-hybridized carbons (Fsp3) is 0.765. The predicted octanol–water partition coefficient (Wildman–Crippen LogP) is 2.67. The van der Waals surface area contributed by atoms with Gasteiger partial charge in [0.2, 0.25) is 5.91 Å². The summed E-state index contributed by atoms with van der Waals surface area (Å²) in [7, 11) is 1.75. The van der Waals surface area contributed by atoms with Gasteiger partial charge in [0.25, 0.3) is 0 Å². The fourth-order valence-corrected chi connectivity index (χ4v) is 3.11. The molecule has 0 spiro atoms. The summed E-state index contributed by atoms with van der Waals surface area (Å²) in [6.45, 7) is 3.02. The summed E-state index contributed by atoms with van der Waals surface area (Å²) in [4.78, 5) is 18.3. The molecule has 2 N–H and O–H groups in total. The van der Waals surface area contributed by atoms with E-state index < -0.39 is 0 Å². The molecule has 2 aliphatic rings. The van der Waals surface area contributed by atoms with Crippen LogP contribution in [-0.4, -0.2) is 50.0 Å². The highest BCUT2D eigenvalue weighted by Crippen LogP contribution is 2.19. The summed E-state index contributed by atoms with van der Waals surface area (Å²) in [6.07, 6.45) is 12.1. The van der Waals surface area contributed by atoms with E-state index in [4.69, 9.17) is 0 Å². The number of likely N-dealkylation sites (tertiary alicyclic amines) is 1. The van der Waals surface area contributed by atoms with Crippen molar-refractivity contribution in [3.8, 4) is 0 Å². The third kappa shape index (κ3) is 7.54. The van der Waals surface area contributed by atoms with Crippen LogP contribution in [0.2, 0.25) is 0 Å². The highest BCUT2D eigenvalue weighted by molar-refractivity contribution is 14.0. The number of allylic oxidation sites excluding steroid dienone is 1. The van der Waals surface area contributed by atoms with E-state index in [1.165, 1.54) is 32.1 Å². The number of guanidine groups is 1. The standard InChI is InChI=1S/C17H30N4O.HI/c1-18-17(19-11-10-15-8-4-2-5-9-15)20-14-16(22)21-12-6-3-7-13-21;/h8H,2-7,9-14H2,1H3,(H2,18,19,20);1H. The lowest BCUT2D eigenvalue weighted by Gasteiger charge is -2.27. The van der Waals surface area contributed by atoms with Crippen molar-refractivity contribution < 1.29 is 4.79 Å². The van der Waals surface area contributed by atoms with Crippen LogP contribution in [0.15, 0.2) is 16.6 Å². The van der Waals surface area contributed by atoms with Crippen molar-refractivity contribution in [1.82, 2.24) is 15.5 Å². The molecule has 0 bridgehead atoms. The fourth-order valence-electron chi connectivity index (χ4n) is 3.11. The molecule has 0 radical (unpaired) electrons. The molecule has 0 aromatic heterocycles. The zero-order valence-electron chi connectivity index (χ0n) is 14.3. The number of nitrogens with zero attached hydrogens (tertiary/aromatic N) is 2. The zero-order valence-corrected chi connectivity index (χ0v) is 16.6. The second-order valence-corrected chi connectivity index (χ2v) is 6.15. The normalized spacial score (nSPS) is 18.7. The molecule has 1 fully saturated rings. The Bertz CT molecular complexity index is 417. The van der Waals surface area contributed by atoms with Gasteiger partial charge in [0, 0.05) is 26.7 Å². The molecular weight excluding hydrogens is 403 g/mol. The molecule has 0 saturated carbocycles. The van der Waals surface area contributed by atoms with E-state index >= 15 is 0 Å². The van der Waals surface area contributed by atoms with Crippen LogP contribution in [-0.2, 0) is 4.79 Å². The SMILES string of the molecule is CN=C(NCCC1=CCCCC1)NCC(=O)N1CCCCC1.I. The van der Waals surface area contributed by atoms with Crippen LogP contribution >= 0.6 is 24.0 Å². The number of amides is 1. The maximum absolute atomic E-state index is 12.1. The summed E-state index contributed by atoms with van der Waals surface area (Å²) in [5, 5.41) is 6.43. The van der Waals surface area contributed by atoms with E-state index in [2.05, 4.69) is 21.7 Å². The van der Waals surface area contributed by atoms with E-state index in [0.29, 0.717) is 6.54 Å². The minimum absolute atomic E-state index is 0. The van der Waals surface area contributed by atoms with Crippen molar-refractivity contribution in [2.24, 2.45) is 4.99 Å². The molecule has 0 aromatic carbocycles. The van der Waals surface area contributed by atoms with Gasteiger partial charge in [-0.2, -0.15) is 0 Å². The van der Waals surface area contributed by atoms with Crippen molar-refractivity contribution >= 4 is 35.8 Å². The first kappa shape index (κ1) is 20.3. The van der Waals surface area contributed by atoms with Crippen LogP contribution in [0.1, 0.15) is 51.4 Å². The number of nitrogens with one attached hydrogen (secondary N) is 2. The quantitative estimate of drug-likeness (QED) is 0.303. The molecule has 0 unspecified atom stereocenters. The molecule has 5 nitrogen and oxygen atoms in total. The smallest absolute Gasteiger partial charge is 0.241 e. The van der Waals surface area contributed by atoms with E-state index in [1.807, 2.05) is 4.90 Å². The third-order valence-corrected chi connectivity index (χ3v) is 4.46. The van der Waals surface area contributed by atoms with Crippen LogP contribution in [0.5, 0.6) is 0 Å². The highest BCUT2D eigenvalue weighted by Gasteiger charge is 2.16. The van der Waals surface area contributed by atoms with Crippen molar-refractivity contribution in [3.05, 3.63) is 11.6 Å². The Hall–Kier alpha value is -0.790. The Morgan fingerprint density at radius 2 is 1.96 bits per heavy atom. The van der Waals surface area contributed by atoms with E-state index in [0.717, 1.165) is 44.9 Å². The van der Waals surface area contributed by atoms with Gasteiger partial charge in [-0.25, -0.2) is 0 Å². The van der Waals surface area contributed by atoms with Gasteiger partial charge in [-0.15, -0.1) is 24.0 Å². The minimum Gasteiger partial charge on any atom is -0.356 e. The number of piperidine rings is 1. The number of hydrogen-bond donors (Lipinski definition) is 2. The van der Waals surface area contributed by atoms with Crippen LogP contribution in [0, 0.1) is 0 Å². The minimum atomic E-state index is 0. The molecule has 1 amide bonds. The van der Waals surface area contributed by atoms with Crippen LogP contribution in [0.4, 0.5) is 0 Å². The summed E-state index contributed by atoms with van der Waals surface area (Å²) in [6, 6.07) is 0. The van der Waals surface area contributed by atoms with E-state index in [9.17, 15) is 4.79 Å². The summed E-state index contributed by atoms with van der Waals surface area (Å²) in [5.74, 6) is 0.902. The highest BCUT2D eigenvalue weighted by atomic mass is 127. The molecular formula is C17H31IN4O. The number of halogens is 1. The molecule has 0 atom stereocenters. The monoisotopic (exact) mass is 434 g/mol. The molecule has 6 heteroatoms. The van der Waals surface area contributed by atoms with Crippen molar-refractivity contribution in [2.75, 3.05) is 33.2 Å². The number of rotatable bonds is 5.